The molecule has 1 heterocycles. The average molecular weight is 448 g/mol. The molecule has 1 N–H and O–H groups in total. The van der Waals surface area contributed by atoms with Crippen molar-refractivity contribution >= 4 is 17.0 Å². The molecular formula is C27H33N3OS. The number of aryl methyl sites for hydroxylation is 1. The highest BCUT2D eigenvalue weighted by molar-refractivity contribution is 7.07. The van der Waals surface area contributed by atoms with Crippen molar-refractivity contribution in [2.24, 2.45) is 4.99 Å². The molecule has 2 aliphatic carbocycles. The normalized spacial score (nSPS) is 17.5. The highest BCUT2D eigenvalue weighted by atomic mass is 32.1. The summed E-state index contributed by atoms with van der Waals surface area (Å²) in [7, 11) is 0. The first-order chi connectivity index (χ1) is 15.7. The van der Waals surface area contributed by atoms with Crippen LogP contribution in [0.2, 0.25) is 0 Å². The van der Waals surface area contributed by atoms with Crippen molar-refractivity contribution in [3.8, 4) is 11.5 Å². The number of anilines is 1. The van der Waals surface area contributed by atoms with Gasteiger partial charge in [-0.15, -0.1) is 11.3 Å². The second-order valence-corrected chi connectivity index (χ2v) is 9.98. The first-order valence-corrected chi connectivity index (χ1v) is 12.9. The van der Waals surface area contributed by atoms with Gasteiger partial charge in [0.1, 0.15) is 11.5 Å². The average Bonchev–Trinajstić information content (AvgIpc) is 3.58. The quantitative estimate of drug-likeness (QED) is 0.409. The number of aromatic nitrogens is 1. The summed E-state index contributed by atoms with van der Waals surface area (Å²) in [6, 6.07) is 17.6. The minimum Gasteiger partial charge on any atom is -0.457 e. The Morgan fingerprint density at radius 2 is 1.62 bits per heavy atom. The maximum atomic E-state index is 5.94. The fourth-order valence-corrected chi connectivity index (χ4v) is 5.50. The van der Waals surface area contributed by atoms with Crippen molar-refractivity contribution in [1.82, 2.24) is 4.57 Å². The minimum atomic E-state index is 0.541. The van der Waals surface area contributed by atoms with Gasteiger partial charge in [0.15, 0.2) is 4.80 Å². The van der Waals surface area contributed by atoms with Gasteiger partial charge in [0.2, 0.25) is 0 Å². The van der Waals surface area contributed by atoms with E-state index in [1.165, 1.54) is 61.0 Å². The topological polar surface area (TPSA) is 38.5 Å². The van der Waals surface area contributed by atoms with Crippen LogP contribution in [0.4, 0.5) is 5.69 Å². The van der Waals surface area contributed by atoms with Crippen LogP contribution in [-0.4, -0.2) is 17.2 Å². The van der Waals surface area contributed by atoms with Crippen molar-refractivity contribution in [2.45, 2.75) is 70.4 Å². The van der Waals surface area contributed by atoms with Crippen molar-refractivity contribution in [1.29, 1.82) is 0 Å². The lowest BCUT2D eigenvalue weighted by molar-refractivity contribution is 0.433. The van der Waals surface area contributed by atoms with Crippen LogP contribution >= 0.6 is 11.3 Å². The third kappa shape index (κ3) is 5.44. The molecule has 168 valence electrons. The molecule has 0 unspecified atom stereocenters. The summed E-state index contributed by atoms with van der Waals surface area (Å²) < 4.78 is 8.48. The van der Waals surface area contributed by atoms with Crippen LogP contribution in [0, 0.1) is 6.92 Å². The van der Waals surface area contributed by atoms with E-state index in [-0.39, 0.29) is 0 Å². The van der Waals surface area contributed by atoms with Gasteiger partial charge in [-0.2, -0.15) is 0 Å². The summed E-state index contributed by atoms with van der Waals surface area (Å²) in [6.45, 7) is 3.00. The summed E-state index contributed by atoms with van der Waals surface area (Å²) in [5.74, 6) is 1.73. The number of ether oxygens (including phenoxy) is 1. The molecule has 2 aliphatic rings. The Labute approximate surface area is 195 Å². The first kappa shape index (κ1) is 21.3. The maximum Gasteiger partial charge on any atom is 0.185 e. The van der Waals surface area contributed by atoms with Gasteiger partial charge in [-0.3, -0.25) is 4.99 Å². The van der Waals surface area contributed by atoms with Gasteiger partial charge in [0.05, 0.1) is 6.04 Å². The summed E-state index contributed by atoms with van der Waals surface area (Å²) >= 11 is 1.84. The number of hydrogen-bond acceptors (Lipinski definition) is 4. The number of hydrogen-bond donors (Lipinski definition) is 1. The molecule has 0 radical (unpaired) electrons. The number of nitrogens with one attached hydrogen (secondary N) is 1. The molecular weight excluding hydrogens is 414 g/mol. The molecule has 0 atom stereocenters. The predicted molar refractivity (Wildman–Crippen MR) is 133 cm³/mol. The van der Waals surface area contributed by atoms with E-state index in [2.05, 4.69) is 46.5 Å². The lowest BCUT2D eigenvalue weighted by Crippen LogP contribution is -2.22. The Morgan fingerprint density at radius 3 is 2.31 bits per heavy atom. The Morgan fingerprint density at radius 1 is 0.938 bits per heavy atom. The van der Waals surface area contributed by atoms with Gasteiger partial charge in [-0.25, -0.2) is 0 Å². The number of thiazole rings is 1. The monoisotopic (exact) mass is 447 g/mol. The SMILES string of the molecule is Cc1ccc(Oc2ccc(NCCc3csc(=NC4CCCCC4)n3C3CC3)cc2)cc1. The van der Waals surface area contributed by atoms with Crippen molar-refractivity contribution in [2.75, 3.05) is 11.9 Å². The van der Waals surface area contributed by atoms with Crippen LogP contribution in [-0.2, 0) is 6.42 Å². The van der Waals surface area contributed by atoms with Crippen molar-refractivity contribution < 1.29 is 4.74 Å². The molecule has 2 saturated carbocycles. The summed E-state index contributed by atoms with van der Waals surface area (Å²) in [5, 5.41) is 5.91. The molecule has 0 bridgehead atoms. The maximum absolute atomic E-state index is 5.94. The summed E-state index contributed by atoms with van der Waals surface area (Å²) in [4.78, 5) is 6.42. The molecule has 3 aromatic rings. The third-order valence-corrected chi connectivity index (χ3v) is 7.32. The molecule has 0 spiro atoms. The Kier molecular flexibility index (Phi) is 6.63. The van der Waals surface area contributed by atoms with E-state index < -0.39 is 0 Å². The van der Waals surface area contributed by atoms with Crippen molar-refractivity contribution in [3.05, 3.63) is 70.0 Å². The minimum absolute atomic E-state index is 0.541. The Bertz CT molecular complexity index is 1070. The molecule has 32 heavy (non-hydrogen) atoms. The van der Waals surface area contributed by atoms with E-state index >= 15 is 0 Å². The molecule has 0 saturated heterocycles. The fourth-order valence-electron chi connectivity index (χ4n) is 4.44. The third-order valence-electron chi connectivity index (χ3n) is 6.42. The lowest BCUT2D eigenvalue weighted by atomic mass is 9.96. The lowest BCUT2D eigenvalue weighted by Gasteiger charge is -2.17. The van der Waals surface area contributed by atoms with Crippen LogP contribution in [0.15, 0.2) is 58.9 Å². The summed E-state index contributed by atoms with van der Waals surface area (Å²) in [5.41, 5.74) is 3.79. The molecule has 2 aromatic carbocycles. The van der Waals surface area contributed by atoms with Crippen LogP contribution in [0.5, 0.6) is 11.5 Å². The zero-order valence-electron chi connectivity index (χ0n) is 18.9. The number of benzene rings is 2. The van der Waals surface area contributed by atoms with Crippen LogP contribution in [0.3, 0.4) is 0 Å². The van der Waals surface area contributed by atoms with Gasteiger partial charge < -0.3 is 14.6 Å². The largest absolute Gasteiger partial charge is 0.457 e. The van der Waals surface area contributed by atoms with Gasteiger partial charge in [-0.1, -0.05) is 37.0 Å². The van der Waals surface area contributed by atoms with Crippen molar-refractivity contribution in [3.63, 3.8) is 0 Å². The van der Waals surface area contributed by atoms with Crippen LogP contribution < -0.4 is 14.9 Å². The van der Waals surface area contributed by atoms with E-state index in [0.29, 0.717) is 12.1 Å². The molecule has 0 aliphatic heterocycles. The fraction of sp³-hybridized carbons (Fsp3) is 0.444. The van der Waals surface area contributed by atoms with Crippen LogP contribution in [0.25, 0.3) is 0 Å². The smallest absolute Gasteiger partial charge is 0.185 e. The zero-order valence-corrected chi connectivity index (χ0v) is 19.7. The molecule has 4 nitrogen and oxygen atoms in total. The Hall–Kier alpha value is -2.53. The van der Waals surface area contributed by atoms with E-state index in [1.807, 2.05) is 35.6 Å². The first-order valence-electron chi connectivity index (χ1n) is 12.1. The highest BCUT2D eigenvalue weighted by Gasteiger charge is 2.27. The van der Waals surface area contributed by atoms with E-state index in [9.17, 15) is 0 Å². The standard InChI is InChI=1S/C27H33N3OS/c1-20-7-13-25(14-8-20)31-26-15-9-21(10-16-26)28-18-17-24-19-32-27(30(24)23-11-12-23)29-22-5-3-2-4-6-22/h7-10,13-16,19,22-23,28H,2-6,11-12,17-18H2,1H3. The molecule has 5 heteroatoms. The number of rotatable bonds is 8. The molecule has 5 rings (SSSR count). The Balaban J connectivity index is 1.18. The van der Waals surface area contributed by atoms with Gasteiger partial charge >= 0.3 is 0 Å². The molecule has 1 aromatic heterocycles. The summed E-state index contributed by atoms with van der Waals surface area (Å²) in [6.07, 6.45) is 10.2. The molecule has 0 amide bonds. The highest BCUT2D eigenvalue weighted by Crippen LogP contribution is 2.35. The molecule has 2 fully saturated rings. The van der Waals surface area contributed by atoms with E-state index in [0.717, 1.165) is 30.2 Å². The van der Waals surface area contributed by atoms with Gasteiger partial charge in [0, 0.05) is 35.8 Å². The zero-order chi connectivity index (χ0) is 21.8. The predicted octanol–water partition coefficient (Wildman–Crippen LogP) is 6.87. The second kappa shape index (κ2) is 9.95. The van der Waals surface area contributed by atoms with E-state index in [1.54, 1.807) is 0 Å². The van der Waals surface area contributed by atoms with Gasteiger partial charge in [-0.05, 0) is 69.0 Å². The van der Waals surface area contributed by atoms with E-state index in [4.69, 9.17) is 9.73 Å². The van der Waals surface area contributed by atoms with Gasteiger partial charge in [0.25, 0.3) is 0 Å². The number of nitrogens with zero attached hydrogens (tertiary/aromatic N) is 2. The second-order valence-electron chi connectivity index (χ2n) is 9.15. The van der Waals surface area contributed by atoms with Crippen LogP contribution in [0.1, 0.15) is 62.2 Å².